The first kappa shape index (κ1) is 25.9. The Morgan fingerprint density at radius 3 is 1.66 bits per heavy atom. The summed E-state index contributed by atoms with van der Waals surface area (Å²) in [6.07, 6.45) is 3.45. The minimum Gasteiger partial charge on any atom is -0.508 e. The van der Waals surface area contributed by atoms with Crippen molar-refractivity contribution in [2.24, 2.45) is 0 Å². The molecule has 29 heavy (non-hydrogen) atoms. The lowest BCUT2D eigenvalue weighted by molar-refractivity contribution is 0.0592. The van der Waals surface area contributed by atoms with Gasteiger partial charge in [-0.2, -0.15) is 0 Å². The zero-order valence-electron chi connectivity index (χ0n) is 16.5. The molecule has 2 aromatic carbocycles. The number of carbonyl (C=O) groups is 2. The number of hydrogen-bond donors (Lipinski definition) is 1. The number of allylic oxidation sites excluding steroid dienone is 1. The number of carbonyl (C=O) groups excluding carboxylic acids is 2. The van der Waals surface area contributed by atoms with Crippen molar-refractivity contribution >= 4 is 27.9 Å². The van der Waals surface area contributed by atoms with Crippen molar-refractivity contribution in [2.75, 3.05) is 26.2 Å². The number of alkyl halides is 1. The fourth-order valence-corrected chi connectivity index (χ4v) is 1.68. The van der Waals surface area contributed by atoms with Gasteiger partial charge < -0.3 is 19.3 Å². The van der Waals surface area contributed by atoms with Crippen molar-refractivity contribution in [1.29, 1.82) is 0 Å². The fourth-order valence-electron chi connectivity index (χ4n) is 1.68. The summed E-state index contributed by atoms with van der Waals surface area (Å²) in [5.41, 5.74) is 0.948. The van der Waals surface area contributed by atoms with Crippen LogP contribution in [0.15, 0.2) is 73.8 Å². The normalized spacial score (nSPS) is 8.79. The van der Waals surface area contributed by atoms with Gasteiger partial charge in [0, 0.05) is 5.33 Å². The monoisotopic (exact) mass is 464 g/mol. The van der Waals surface area contributed by atoms with Gasteiger partial charge in [-0.25, -0.2) is 9.59 Å². The molecule has 0 aliphatic rings. The van der Waals surface area contributed by atoms with E-state index in [9.17, 15) is 9.59 Å². The van der Waals surface area contributed by atoms with E-state index in [-0.39, 0.29) is 11.7 Å². The van der Waals surface area contributed by atoms with E-state index >= 15 is 0 Å². The van der Waals surface area contributed by atoms with Crippen molar-refractivity contribution in [3.05, 3.63) is 85.0 Å². The molecule has 0 spiro atoms. The number of aromatic hydroxyl groups is 1. The van der Waals surface area contributed by atoms with E-state index in [4.69, 9.17) is 9.84 Å². The van der Waals surface area contributed by atoms with Gasteiger partial charge in [0.05, 0.1) is 25.3 Å². The number of halogens is 1. The third-order valence-electron chi connectivity index (χ3n) is 3.04. The van der Waals surface area contributed by atoms with Crippen LogP contribution in [-0.4, -0.2) is 43.2 Å². The third-order valence-corrected chi connectivity index (χ3v) is 3.50. The topological polar surface area (TPSA) is 82.1 Å². The van der Waals surface area contributed by atoms with Crippen LogP contribution in [0.5, 0.6) is 11.5 Å². The molecule has 156 valence electrons. The average molecular weight is 465 g/mol. The lowest BCUT2D eigenvalue weighted by Gasteiger charge is -2.03. The van der Waals surface area contributed by atoms with E-state index < -0.39 is 5.97 Å². The number of esters is 2. The summed E-state index contributed by atoms with van der Waals surface area (Å²) in [5, 5.41) is 9.75. The van der Waals surface area contributed by atoms with Gasteiger partial charge in [0.1, 0.15) is 18.1 Å². The van der Waals surface area contributed by atoms with E-state index in [0.29, 0.717) is 23.5 Å². The first-order valence-electron chi connectivity index (χ1n) is 8.39. The van der Waals surface area contributed by atoms with Crippen LogP contribution in [0.4, 0.5) is 0 Å². The Bertz CT molecular complexity index is 754. The predicted octanol–water partition coefficient (Wildman–Crippen LogP) is 4.78. The Balaban J connectivity index is 0.000000466. The van der Waals surface area contributed by atoms with E-state index in [1.807, 2.05) is 0 Å². The van der Waals surface area contributed by atoms with Crippen molar-refractivity contribution in [3.63, 3.8) is 0 Å². The maximum atomic E-state index is 11.1. The van der Waals surface area contributed by atoms with Gasteiger partial charge in [-0.05, 0) is 48.5 Å². The highest BCUT2D eigenvalue weighted by molar-refractivity contribution is 9.09. The molecule has 0 aliphatic carbocycles. The quantitative estimate of drug-likeness (QED) is 0.376. The minimum absolute atomic E-state index is 0.137. The van der Waals surface area contributed by atoms with Gasteiger partial charge in [0.25, 0.3) is 0 Å². The average Bonchev–Trinajstić information content (AvgIpc) is 2.78. The molecule has 0 aliphatic heterocycles. The van der Waals surface area contributed by atoms with E-state index in [1.165, 1.54) is 38.5 Å². The molecule has 0 amide bonds. The number of hydrogen-bond acceptors (Lipinski definition) is 6. The zero-order valence-corrected chi connectivity index (χ0v) is 18.1. The summed E-state index contributed by atoms with van der Waals surface area (Å²) < 4.78 is 14.3. The van der Waals surface area contributed by atoms with Gasteiger partial charge in [0.2, 0.25) is 0 Å². The molecule has 0 saturated carbocycles. The molecule has 7 heteroatoms. The maximum absolute atomic E-state index is 11.1. The van der Waals surface area contributed by atoms with E-state index in [2.05, 4.69) is 38.6 Å². The molecule has 1 N–H and O–H groups in total. The van der Waals surface area contributed by atoms with Crippen LogP contribution in [-0.2, 0) is 9.47 Å². The number of phenols is 1. The van der Waals surface area contributed by atoms with Gasteiger partial charge in [-0.1, -0.05) is 34.7 Å². The summed E-state index contributed by atoms with van der Waals surface area (Å²) in [4.78, 5) is 21.9. The molecule has 0 unspecified atom stereocenters. The molecule has 0 atom stereocenters. The largest absolute Gasteiger partial charge is 0.508 e. The summed E-state index contributed by atoms with van der Waals surface area (Å²) in [5.74, 6) is 0.0977. The lowest BCUT2D eigenvalue weighted by Crippen LogP contribution is -2.01. The maximum Gasteiger partial charge on any atom is 0.337 e. The molecular formula is C22H25BrO6. The highest BCUT2D eigenvalue weighted by Gasteiger charge is 2.04. The second kappa shape index (κ2) is 15.9. The number of rotatable bonds is 6. The third kappa shape index (κ3) is 11.4. The molecule has 0 bridgehead atoms. The standard InChI is InChI=1S/C11H12O3.C8H8O3.C3H5Br/c1-3-8-14-10-6-4-9(5-7-10)11(12)13-2;1-11-8(10)6-2-4-7(9)5-3-6;1-2-3-4/h3-7H,1,8H2,2H3;2-5,9H,1H3;2H,1,3H2. The Morgan fingerprint density at radius 1 is 0.897 bits per heavy atom. The van der Waals surface area contributed by atoms with Crippen LogP contribution in [0.1, 0.15) is 20.7 Å². The second-order valence-corrected chi connectivity index (χ2v) is 5.74. The Kier molecular flexibility index (Phi) is 14.3. The highest BCUT2D eigenvalue weighted by Crippen LogP contribution is 2.12. The van der Waals surface area contributed by atoms with Crippen molar-refractivity contribution in [3.8, 4) is 11.5 Å². The molecule has 0 radical (unpaired) electrons. The summed E-state index contributed by atoms with van der Waals surface area (Å²) in [6.45, 7) is 7.42. The molecule has 0 heterocycles. The Hall–Kier alpha value is -3.06. The van der Waals surface area contributed by atoms with E-state index in [0.717, 1.165) is 5.33 Å². The molecule has 6 nitrogen and oxygen atoms in total. The van der Waals surface area contributed by atoms with Crippen molar-refractivity contribution in [2.45, 2.75) is 0 Å². The molecule has 0 fully saturated rings. The van der Waals surface area contributed by atoms with Crippen molar-refractivity contribution < 1.29 is 28.9 Å². The number of benzene rings is 2. The zero-order chi connectivity index (χ0) is 22.1. The Labute approximate surface area is 179 Å². The summed E-state index contributed by atoms with van der Waals surface area (Å²) >= 11 is 3.13. The van der Waals surface area contributed by atoms with Gasteiger partial charge in [-0.3, -0.25) is 0 Å². The molecule has 0 aromatic heterocycles. The summed E-state index contributed by atoms with van der Waals surface area (Å²) in [6, 6.07) is 12.6. The van der Waals surface area contributed by atoms with Crippen LogP contribution in [0.3, 0.4) is 0 Å². The molecule has 2 aromatic rings. The highest BCUT2D eigenvalue weighted by atomic mass is 79.9. The first-order chi connectivity index (χ1) is 13.9. The van der Waals surface area contributed by atoms with Crippen molar-refractivity contribution in [1.82, 2.24) is 0 Å². The van der Waals surface area contributed by atoms with Gasteiger partial charge in [-0.15, -0.1) is 6.58 Å². The SMILES string of the molecule is C=CCBr.C=CCOc1ccc(C(=O)OC)cc1.COC(=O)c1ccc(O)cc1. The van der Waals surface area contributed by atoms with E-state index in [1.54, 1.807) is 36.4 Å². The predicted molar refractivity (Wildman–Crippen MR) is 117 cm³/mol. The molecular weight excluding hydrogens is 440 g/mol. The van der Waals surface area contributed by atoms with Crippen LogP contribution >= 0.6 is 15.9 Å². The second-order valence-electron chi connectivity index (χ2n) is 5.10. The number of methoxy groups -OCH3 is 2. The fraction of sp³-hybridized carbons (Fsp3) is 0.182. The smallest absolute Gasteiger partial charge is 0.337 e. The lowest BCUT2D eigenvalue weighted by atomic mass is 10.2. The van der Waals surface area contributed by atoms with Crippen LogP contribution < -0.4 is 4.74 Å². The number of phenolic OH excluding ortho intramolecular Hbond substituents is 1. The summed E-state index contributed by atoms with van der Waals surface area (Å²) in [7, 11) is 2.67. The Morgan fingerprint density at radius 2 is 1.31 bits per heavy atom. The number of ether oxygens (including phenoxy) is 3. The molecule has 2 rings (SSSR count). The van der Waals surface area contributed by atoms with Gasteiger partial charge >= 0.3 is 11.9 Å². The first-order valence-corrected chi connectivity index (χ1v) is 9.51. The van der Waals surface area contributed by atoms with Crippen LogP contribution in [0, 0.1) is 0 Å². The van der Waals surface area contributed by atoms with Crippen LogP contribution in [0.2, 0.25) is 0 Å². The molecule has 0 saturated heterocycles. The van der Waals surface area contributed by atoms with Gasteiger partial charge in [0.15, 0.2) is 0 Å². The minimum atomic E-state index is -0.398. The van der Waals surface area contributed by atoms with Crippen LogP contribution in [0.25, 0.3) is 0 Å².